The van der Waals surface area contributed by atoms with E-state index >= 15 is 0 Å². The molecule has 0 saturated heterocycles. The zero-order chi connectivity index (χ0) is 20.6. The lowest BCUT2D eigenvalue weighted by Crippen LogP contribution is -2.61. The van der Waals surface area contributed by atoms with Gasteiger partial charge in [0.1, 0.15) is 23.4 Å². The molecule has 0 amide bonds. The molecular weight excluding hydrogens is 392 g/mol. The van der Waals surface area contributed by atoms with Crippen LogP contribution in [0.15, 0.2) is 30.3 Å². The number of alkyl halides is 5. The second kappa shape index (κ2) is 5.26. The van der Waals surface area contributed by atoms with E-state index in [2.05, 4.69) is 0 Å². The maximum Gasteiger partial charge on any atom is 0.358 e. The Hall–Kier alpha value is -3.06. The van der Waals surface area contributed by atoms with E-state index in [9.17, 15) is 36.2 Å². The number of nitriles is 1. The van der Waals surface area contributed by atoms with Gasteiger partial charge in [-0.15, -0.1) is 0 Å². The van der Waals surface area contributed by atoms with E-state index in [-0.39, 0.29) is 11.3 Å². The van der Waals surface area contributed by atoms with E-state index in [1.54, 1.807) is 6.07 Å². The van der Waals surface area contributed by atoms with Crippen LogP contribution in [0.25, 0.3) is 0 Å². The molecule has 0 aromatic heterocycles. The molecule has 2 aromatic rings. The second-order valence-corrected chi connectivity index (χ2v) is 6.38. The molecule has 28 heavy (non-hydrogen) atoms. The summed E-state index contributed by atoms with van der Waals surface area (Å²) in [6.45, 7) is 0. The van der Waals surface area contributed by atoms with Crippen molar-refractivity contribution in [3.63, 3.8) is 0 Å². The molecule has 4 nitrogen and oxygen atoms in total. The van der Waals surface area contributed by atoms with Crippen LogP contribution in [0.4, 0.5) is 26.3 Å². The number of fused-ring (bicyclic) bond motifs is 1. The number of hydrogen-bond donors (Lipinski definition) is 1. The molecule has 0 heterocycles. The molecule has 2 bridgehead atoms. The minimum Gasteiger partial charge on any atom is -0.456 e. The summed E-state index contributed by atoms with van der Waals surface area (Å²) >= 11 is 0. The molecule has 4 rings (SSSR count). The molecule has 0 saturated carbocycles. The number of hydrogen-bond acceptors (Lipinski definition) is 4. The van der Waals surface area contributed by atoms with Crippen LogP contribution < -0.4 is 4.74 Å². The van der Waals surface area contributed by atoms with Gasteiger partial charge in [0.15, 0.2) is 0 Å². The highest BCUT2D eigenvalue weighted by Crippen LogP contribution is 2.65. The zero-order valence-corrected chi connectivity index (χ0v) is 13.4. The monoisotopic (exact) mass is 399 g/mol. The Labute approximate surface area is 152 Å². The third-order valence-corrected chi connectivity index (χ3v) is 4.83. The molecule has 0 aliphatic heterocycles. The van der Waals surface area contributed by atoms with Crippen molar-refractivity contribution in [1.29, 1.82) is 5.26 Å². The van der Waals surface area contributed by atoms with Gasteiger partial charge in [-0.1, -0.05) is 0 Å². The Balaban J connectivity index is 1.93. The van der Waals surface area contributed by atoms with Crippen LogP contribution in [-0.2, 0) is 5.92 Å². The fourth-order valence-corrected chi connectivity index (χ4v) is 3.51. The number of Topliss-reactive ketones (excluding diaryl/α,β-unsaturated/α-hetero) is 1. The predicted octanol–water partition coefficient (Wildman–Crippen LogP) is 4.17. The summed E-state index contributed by atoms with van der Waals surface area (Å²) in [6, 6.07) is 5.50. The van der Waals surface area contributed by atoms with Gasteiger partial charge in [0, 0.05) is 17.2 Å². The maximum absolute atomic E-state index is 14.9. The molecule has 2 aliphatic rings. The van der Waals surface area contributed by atoms with Crippen molar-refractivity contribution in [1.82, 2.24) is 0 Å². The summed E-state index contributed by atoms with van der Waals surface area (Å²) in [5.41, 5.74) is -8.14. The highest BCUT2D eigenvalue weighted by atomic mass is 19.3. The first-order valence-electron chi connectivity index (χ1n) is 7.70. The lowest BCUT2D eigenvalue weighted by molar-refractivity contribution is -0.290. The van der Waals surface area contributed by atoms with Gasteiger partial charge in [-0.3, -0.25) is 4.79 Å². The van der Waals surface area contributed by atoms with Crippen molar-refractivity contribution < 1.29 is 41.0 Å². The molecule has 2 aromatic carbocycles. The number of ketones is 1. The molecule has 0 spiro atoms. The average Bonchev–Trinajstić information content (AvgIpc) is 2.82. The van der Waals surface area contributed by atoms with E-state index in [1.165, 1.54) is 0 Å². The van der Waals surface area contributed by atoms with Crippen molar-refractivity contribution in [2.45, 2.75) is 23.6 Å². The van der Waals surface area contributed by atoms with Crippen LogP contribution in [0.2, 0.25) is 0 Å². The molecule has 1 N–H and O–H groups in total. The largest absolute Gasteiger partial charge is 0.456 e. The summed E-state index contributed by atoms with van der Waals surface area (Å²) in [6.07, 6.45) is -2.83. The van der Waals surface area contributed by atoms with Gasteiger partial charge in [-0.25, -0.2) is 8.78 Å². The molecule has 2 atom stereocenters. The summed E-state index contributed by atoms with van der Waals surface area (Å²) in [7, 11) is 0. The van der Waals surface area contributed by atoms with E-state index in [0.29, 0.717) is 6.07 Å². The van der Waals surface area contributed by atoms with Crippen LogP contribution >= 0.6 is 0 Å². The summed E-state index contributed by atoms with van der Waals surface area (Å²) in [5, 5.41) is 18.8. The van der Waals surface area contributed by atoms with E-state index in [1.807, 2.05) is 0 Å². The number of rotatable bonds is 2. The third kappa shape index (κ3) is 1.91. The average molecular weight is 399 g/mol. The summed E-state index contributed by atoms with van der Waals surface area (Å²) in [5.74, 6) is -14.5. The molecule has 144 valence electrons. The molecule has 0 fully saturated rings. The first-order valence-corrected chi connectivity index (χ1v) is 7.70. The maximum atomic E-state index is 14.9. The minimum atomic E-state index is -5.51. The molecule has 0 radical (unpaired) electrons. The van der Waals surface area contributed by atoms with Gasteiger partial charge < -0.3 is 9.84 Å². The van der Waals surface area contributed by atoms with Gasteiger partial charge in [-0.2, -0.15) is 22.8 Å². The minimum absolute atomic E-state index is 0.183. The second-order valence-electron chi connectivity index (χ2n) is 6.38. The van der Waals surface area contributed by atoms with Gasteiger partial charge in [-0.05, 0) is 24.3 Å². The Morgan fingerprint density at radius 1 is 1.11 bits per heavy atom. The SMILES string of the molecule is N#Cc1cc(F)cc(Oc2ccc3c4c2C(=O)[C@@](F)([C@H]4O)C(F)(F)C3(F)F)c1. The smallest absolute Gasteiger partial charge is 0.358 e. The van der Waals surface area contributed by atoms with Gasteiger partial charge in [0.05, 0.1) is 17.2 Å². The topological polar surface area (TPSA) is 70.3 Å². The van der Waals surface area contributed by atoms with Crippen molar-refractivity contribution in [3.8, 4) is 17.6 Å². The van der Waals surface area contributed by atoms with E-state index in [4.69, 9.17) is 10.00 Å². The molecule has 0 unspecified atom stereocenters. The summed E-state index contributed by atoms with van der Waals surface area (Å²) in [4.78, 5) is 12.3. The van der Waals surface area contributed by atoms with Crippen LogP contribution in [0.1, 0.15) is 33.2 Å². The first kappa shape index (κ1) is 18.3. The van der Waals surface area contributed by atoms with Crippen LogP contribution in [0.3, 0.4) is 0 Å². The lowest BCUT2D eigenvalue weighted by atomic mass is 9.78. The van der Waals surface area contributed by atoms with Gasteiger partial charge in [0.2, 0.25) is 5.78 Å². The number of halogens is 6. The Morgan fingerprint density at radius 2 is 1.79 bits per heavy atom. The number of aliphatic hydroxyl groups is 1. The highest BCUT2D eigenvalue weighted by molar-refractivity contribution is 6.11. The number of carbonyl (C=O) groups excluding carboxylic acids is 1. The fourth-order valence-electron chi connectivity index (χ4n) is 3.51. The number of ether oxygens (including phenoxy) is 1. The Bertz CT molecular complexity index is 1090. The lowest BCUT2D eigenvalue weighted by Gasteiger charge is -2.40. The number of benzene rings is 2. The summed E-state index contributed by atoms with van der Waals surface area (Å²) < 4.78 is 90.3. The standard InChI is InChI=1S/C18H7F6NO3/c19-8-3-7(6-25)4-9(5-8)28-11-2-1-10-12-13(11)15(27)16(20,14(12)26)18(23,24)17(10,21)22/h1-5,14,26H/t14-,16-/m0/s1. The van der Waals surface area contributed by atoms with Gasteiger partial charge in [0.25, 0.3) is 5.67 Å². The Kier molecular flexibility index (Phi) is 3.44. The quantitative estimate of drug-likeness (QED) is 0.770. The van der Waals surface area contributed by atoms with Crippen molar-refractivity contribution in [2.75, 3.05) is 0 Å². The third-order valence-electron chi connectivity index (χ3n) is 4.83. The van der Waals surface area contributed by atoms with Crippen molar-refractivity contribution in [3.05, 3.63) is 58.4 Å². The van der Waals surface area contributed by atoms with Crippen molar-refractivity contribution >= 4 is 5.78 Å². The van der Waals surface area contributed by atoms with E-state index in [0.717, 1.165) is 24.3 Å². The molecule has 2 aliphatic carbocycles. The van der Waals surface area contributed by atoms with Crippen LogP contribution in [0.5, 0.6) is 11.5 Å². The molecule has 10 heteroatoms. The van der Waals surface area contributed by atoms with Crippen LogP contribution in [0, 0.1) is 17.1 Å². The predicted molar refractivity (Wildman–Crippen MR) is 79.6 cm³/mol. The van der Waals surface area contributed by atoms with Crippen LogP contribution in [-0.4, -0.2) is 22.5 Å². The normalized spacial score (nSPS) is 26.1. The molecular formula is C18H7F6NO3. The highest BCUT2D eigenvalue weighted by Gasteiger charge is 2.83. The fraction of sp³-hybridized carbons (Fsp3) is 0.222. The van der Waals surface area contributed by atoms with Gasteiger partial charge >= 0.3 is 11.8 Å². The first-order chi connectivity index (χ1) is 13.0. The number of nitrogens with zero attached hydrogens (tertiary/aromatic N) is 1. The zero-order valence-electron chi connectivity index (χ0n) is 13.4. The number of aliphatic hydroxyl groups excluding tert-OH is 1. The van der Waals surface area contributed by atoms with Crippen molar-refractivity contribution in [2.24, 2.45) is 0 Å². The van der Waals surface area contributed by atoms with E-state index < -0.39 is 57.7 Å². The number of carbonyl (C=O) groups is 1. The Morgan fingerprint density at radius 3 is 2.43 bits per heavy atom.